The van der Waals surface area contributed by atoms with E-state index in [9.17, 15) is 4.79 Å². The van der Waals surface area contributed by atoms with Gasteiger partial charge in [0.2, 0.25) is 0 Å². The average molecular weight is 465 g/mol. The molecule has 0 atom stereocenters. The first-order valence-corrected chi connectivity index (χ1v) is 10.6. The van der Waals surface area contributed by atoms with Crippen LogP contribution in [0.5, 0.6) is 17.2 Å². The van der Waals surface area contributed by atoms with Crippen LogP contribution in [0.25, 0.3) is 0 Å². The highest BCUT2D eigenvalue weighted by molar-refractivity contribution is 5.97. The minimum Gasteiger partial charge on any atom is -0.493 e. The van der Waals surface area contributed by atoms with Gasteiger partial charge in [-0.05, 0) is 42.3 Å². The summed E-state index contributed by atoms with van der Waals surface area (Å²) in [6.45, 7) is 0.575. The lowest BCUT2D eigenvalue weighted by Crippen LogP contribution is -2.29. The molecule has 0 radical (unpaired) electrons. The van der Waals surface area contributed by atoms with Gasteiger partial charge in [0.05, 0.1) is 14.2 Å². The number of nitrogens with two attached hydrogens (primary N) is 1. The van der Waals surface area contributed by atoms with Crippen molar-refractivity contribution in [1.29, 1.82) is 0 Å². The van der Waals surface area contributed by atoms with Crippen LogP contribution in [-0.2, 0) is 22.7 Å². The van der Waals surface area contributed by atoms with Crippen LogP contribution in [0.1, 0.15) is 16.7 Å². The third-order valence-corrected chi connectivity index (χ3v) is 4.80. The normalized spacial score (nSPS) is 10.9. The van der Waals surface area contributed by atoms with Crippen LogP contribution >= 0.6 is 0 Å². The molecule has 34 heavy (non-hydrogen) atoms. The molecule has 0 aliphatic rings. The van der Waals surface area contributed by atoms with Gasteiger partial charge in [0.1, 0.15) is 12.4 Å². The Morgan fingerprint density at radius 3 is 2.65 bits per heavy atom. The molecule has 1 amide bonds. The Morgan fingerprint density at radius 2 is 1.88 bits per heavy atom. The van der Waals surface area contributed by atoms with E-state index in [4.69, 9.17) is 24.8 Å². The average Bonchev–Trinajstić information content (AvgIpc) is 2.88. The molecule has 1 heterocycles. The zero-order valence-electron chi connectivity index (χ0n) is 19.2. The lowest BCUT2D eigenvalue weighted by molar-refractivity contribution is -0.125. The maximum atomic E-state index is 12.0. The zero-order valence-corrected chi connectivity index (χ0v) is 19.2. The van der Waals surface area contributed by atoms with Crippen molar-refractivity contribution in [2.24, 2.45) is 10.9 Å². The molecule has 1 aromatic heterocycles. The summed E-state index contributed by atoms with van der Waals surface area (Å²) in [6.07, 6.45) is 4.08. The molecule has 2 aromatic carbocycles. The van der Waals surface area contributed by atoms with Crippen molar-refractivity contribution in [2.45, 2.75) is 13.0 Å². The summed E-state index contributed by atoms with van der Waals surface area (Å²) in [5.41, 5.74) is 8.57. The Hall–Kier alpha value is -4.27. The summed E-state index contributed by atoms with van der Waals surface area (Å²) in [4.78, 5) is 21.2. The number of carbonyl (C=O) groups excluding carboxylic acids is 1. The molecule has 3 rings (SSSR count). The molecule has 3 aromatic rings. The second kappa shape index (κ2) is 12.7. The van der Waals surface area contributed by atoms with Crippen LogP contribution in [-0.4, -0.2) is 44.1 Å². The topological polar surface area (TPSA) is 117 Å². The second-order valence-electron chi connectivity index (χ2n) is 7.22. The molecular formula is C25H28N4O5. The minimum absolute atomic E-state index is 0.143. The van der Waals surface area contributed by atoms with Gasteiger partial charge in [0.15, 0.2) is 23.9 Å². The van der Waals surface area contributed by atoms with E-state index in [2.05, 4.69) is 15.5 Å². The van der Waals surface area contributed by atoms with E-state index in [1.165, 1.54) is 0 Å². The highest BCUT2D eigenvalue weighted by Crippen LogP contribution is 2.27. The maximum Gasteiger partial charge on any atom is 0.260 e. The number of carbonyl (C=O) groups is 1. The smallest absolute Gasteiger partial charge is 0.260 e. The standard InChI is InChI=1S/C25H28N4O5/c1-31-22-9-8-18(13-23(22)32-2)10-12-28-24(30)17-34-29-25(26)20-6-3-7-21(14-20)33-16-19-5-4-11-27-15-19/h3-9,11,13-15H,10,12,16-17H2,1-2H3,(H2,26,29)(H,28,30). The van der Waals surface area contributed by atoms with E-state index >= 15 is 0 Å². The van der Waals surface area contributed by atoms with Gasteiger partial charge in [0.25, 0.3) is 5.91 Å². The number of hydrogen-bond donors (Lipinski definition) is 2. The summed E-state index contributed by atoms with van der Waals surface area (Å²) in [5, 5.41) is 6.62. The first-order valence-electron chi connectivity index (χ1n) is 10.6. The third kappa shape index (κ3) is 7.40. The van der Waals surface area contributed by atoms with Crippen molar-refractivity contribution in [3.8, 4) is 17.2 Å². The molecule has 0 saturated heterocycles. The fourth-order valence-electron chi connectivity index (χ4n) is 3.04. The van der Waals surface area contributed by atoms with Gasteiger partial charge < -0.3 is 30.1 Å². The molecule has 0 saturated carbocycles. The molecule has 3 N–H and O–H groups in total. The van der Waals surface area contributed by atoms with Crippen LogP contribution in [0.4, 0.5) is 0 Å². The molecular weight excluding hydrogens is 436 g/mol. The summed E-state index contributed by atoms with van der Waals surface area (Å²) < 4.78 is 16.3. The lowest BCUT2D eigenvalue weighted by Gasteiger charge is -2.10. The monoisotopic (exact) mass is 464 g/mol. The van der Waals surface area contributed by atoms with E-state index in [0.29, 0.717) is 42.4 Å². The summed E-state index contributed by atoms with van der Waals surface area (Å²) in [5.74, 6) is 1.78. The van der Waals surface area contributed by atoms with Crippen molar-refractivity contribution in [1.82, 2.24) is 10.3 Å². The maximum absolute atomic E-state index is 12.0. The predicted octanol–water partition coefficient (Wildman–Crippen LogP) is 2.67. The number of hydrogen-bond acceptors (Lipinski definition) is 7. The van der Waals surface area contributed by atoms with Crippen LogP contribution in [0, 0.1) is 0 Å². The van der Waals surface area contributed by atoms with Gasteiger partial charge in [-0.1, -0.05) is 29.4 Å². The highest BCUT2D eigenvalue weighted by atomic mass is 16.6. The summed E-state index contributed by atoms with van der Waals surface area (Å²) in [7, 11) is 3.17. The Kier molecular flexibility index (Phi) is 9.09. The largest absolute Gasteiger partial charge is 0.493 e. The number of ether oxygens (including phenoxy) is 3. The quantitative estimate of drug-likeness (QED) is 0.240. The SMILES string of the molecule is COc1ccc(CCNC(=O)CO/N=C(/N)c2cccc(OCc3cccnc3)c2)cc1OC. The molecule has 9 heteroatoms. The van der Waals surface area contributed by atoms with Crippen LogP contribution in [0.15, 0.2) is 72.1 Å². The lowest BCUT2D eigenvalue weighted by atomic mass is 10.1. The summed E-state index contributed by atoms with van der Waals surface area (Å²) in [6, 6.07) is 16.6. The number of amidine groups is 1. The van der Waals surface area contributed by atoms with Gasteiger partial charge in [-0.25, -0.2) is 0 Å². The second-order valence-corrected chi connectivity index (χ2v) is 7.22. The van der Waals surface area contributed by atoms with Crippen molar-refractivity contribution in [3.05, 3.63) is 83.7 Å². The number of nitrogens with zero attached hydrogens (tertiary/aromatic N) is 2. The van der Waals surface area contributed by atoms with Crippen molar-refractivity contribution >= 4 is 11.7 Å². The molecule has 0 spiro atoms. The number of oxime groups is 1. The van der Waals surface area contributed by atoms with Crippen molar-refractivity contribution < 1.29 is 23.8 Å². The molecule has 0 unspecified atom stereocenters. The van der Waals surface area contributed by atoms with Crippen molar-refractivity contribution in [2.75, 3.05) is 27.4 Å². The van der Waals surface area contributed by atoms with Gasteiger partial charge in [-0.2, -0.15) is 0 Å². The van der Waals surface area contributed by atoms with Crippen LogP contribution < -0.4 is 25.3 Å². The number of nitrogens with one attached hydrogen (secondary N) is 1. The van der Waals surface area contributed by atoms with Crippen LogP contribution in [0.2, 0.25) is 0 Å². The fourth-order valence-corrected chi connectivity index (χ4v) is 3.04. The third-order valence-electron chi connectivity index (χ3n) is 4.80. The molecule has 0 aliphatic carbocycles. The Labute approximate surface area is 198 Å². The fraction of sp³-hybridized carbons (Fsp3) is 0.240. The van der Waals surface area contributed by atoms with E-state index in [1.807, 2.05) is 36.4 Å². The molecule has 9 nitrogen and oxygen atoms in total. The van der Waals surface area contributed by atoms with Gasteiger partial charge >= 0.3 is 0 Å². The molecule has 0 fully saturated rings. The first-order chi connectivity index (χ1) is 16.6. The number of pyridine rings is 1. The number of rotatable bonds is 12. The Bertz CT molecular complexity index is 1110. The number of benzene rings is 2. The predicted molar refractivity (Wildman–Crippen MR) is 128 cm³/mol. The minimum atomic E-state index is -0.300. The van der Waals surface area contributed by atoms with Crippen molar-refractivity contribution in [3.63, 3.8) is 0 Å². The van der Waals surface area contributed by atoms with Crippen LogP contribution in [0.3, 0.4) is 0 Å². The number of aromatic nitrogens is 1. The van der Waals surface area contributed by atoms with E-state index < -0.39 is 0 Å². The first kappa shape index (κ1) is 24.4. The van der Waals surface area contributed by atoms with Gasteiger partial charge in [0, 0.05) is 30.1 Å². The van der Waals surface area contributed by atoms with E-state index in [1.54, 1.807) is 44.8 Å². The number of methoxy groups -OCH3 is 2. The highest BCUT2D eigenvalue weighted by Gasteiger charge is 2.07. The Balaban J connectivity index is 1.42. The Morgan fingerprint density at radius 1 is 1.03 bits per heavy atom. The zero-order chi connectivity index (χ0) is 24.2. The van der Waals surface area contributed by atoms with Gasteiger partial charge in [-0.15, -0.1) is 0 Å². The molecule has 0 bridgehead atoms. The summed E-state index contributed by atoms with van der Waals surface area (Å²) >= 11 is 0. The van der Waals surface area contributed by atoms with Gasteiger partial charge in [-0.3, -0.25) is 9.78 Å². The molecule has 178 valence electrons. The molecule has 0 aliphatic heterocycles. The van der Waals surface area contributed by atoms with E-state index in [-0.39, 0.29) is 18.3 Å². The number of amides is 1. The van der Waals surface area contributed by atoms with E-state index in [0.717, 1.165) is 11.1 Å².